The molecule has 1 unspecified atom stereocenters. The molecule has 1 aliphatic rings. The maximum atomic E-state index is 12.4. The van der Waals surface area contributed by atoms with Crippen molar-refractivity contribution in [1.29, 1.82) is 0 Å². The van der Waals surface area contributed by atoms with E-state index < -0.39 is 0 Å². The van der Waals surface area contributed by atoms with Crippen molar-refractivity contribution in [3.63, 3.8) is 0 Å². The van der Waals surface area contributed by atoms with Gasteiger partial charge in [0.25, 0.3) is 0 Å². The van der Waals surface area contributed by atoms with Gasteiger partial charge in [0.15, 0.2) is 11.5 Å². The van der Waals surface area contributed by atoms with Gasteiger partial charge in [-0.3, -0.25) is 0 Å². The molecule has 0 radical (unpaired) electrons. The molecule has 0 aliphatic carbocycles. The van der Waals surface area contributed by atoms with Crippen molar-refractivity contribution in [2.75, 3.05) is 26.8 Å². The Bertz CT molecular complexity index is 761. The van der Waals surface area contributed by atoms with Crippen LogP contribution in [0.5, 0.6) is 11.5 Å². The van der Waals surface area contributed by atoms with Crippen LogP contribution in [0.25, 0.3) is 0 Å². The van der Waals surface area contributed by atoms with E-state index in [1.165, 1.54) is 0 Å². The van der Waals surface area contributed by atoms with E-state index in [9.17, 15) is 4.79 Å². The second-order valence-corrected chi connectivity index (χ2v) is 6.21. The first-order valence-corrected chi connectivity index (χ1v) is 8.87. The molecule has 1 aromatic heterocycles. The average molecular weight is 359 g/mol. The Kier molecular flexibility index (Phi) is 5.60. The molecule has 26 heavy (non-hydrogen) atoms. The predicted octanol–water partition coefficient (Wildman–Crippen LogP) is 2.01. The molecule has 3 rings (SSSR count). The van der Waals surface area contributed by atoms with Crippen LogP contribution < -0.4 is 14.8 Å². The van der Waals surface area contributed by atoms with E-state index in [1.807, 2.05) is 36.6 Å². The Morgan fingerprint density at radius 1 is 1.35 bits per heavy atom. The van der Waals surface area contributed by atoms with Crippen LogP contribution in [-0.2, 0) is 13.0 Å². The van der Waals surface area contributed by atoms with Gasteiger partial charge in [0.05, 0.1) is 6.04 Å². The van der Waals surface area contributed by atoms with Crippen LogP contribution in [0.15, 0.2) is 24.5 Å². The summed E-state index contributed by atoms with van der Waals surface area (Å²) in [5.74, 6) is 2.35. The fourth-order valence-electron chi connectivity index (χ4n) is 2.86. The van der Waals surface area contributed by atoms with Crippen LogP contribution in [0, 0.1) is 0 Å². The zero-order chi connectivity index (χ0) is 18.5. The van der Waals surface area contributed by atoms with E-state index in [-0.39, 0.29) is 12.1 Å². The highest BCUT2D eigenvalue weighted by Crippen LogP contribution is 2.33. The van der Waals surface area contributed by atoms with E-state index >= 15 is 0 Å². The molecule has 0 saturated heterocycles. The number of benzene rings is 1. The van der Waals surface area contributed by atoms with Crippen molar-refractivity contribution in [3.05, 3.63) is 35.9 Å². The summed E-state index contributed by atoms with van der Waals surface area (Å²) >= 11 is 0. The van der Waals surface area contributed by atoms with Crippen molar-refractivity contribution < 1.29 is 14.3 Å². The highest BCUT2D eigenvalue weighted by molar-refractivity contribution is 5.74. The number of nitrogens with one attached hydrogen (secondary N) is 1. The lowest BCUT2D eigenvalue weighted by molar-refractivity contribution is 0.170. The molecule has 0 spiro atoms. The number of amides is 2. The Morgan fingerprint density at radius 3 is 2.88 bits per heavy atom. The Labute approximate surface area is 153 Å². The molecule has 8 heteroatoms. The molecular weight excluding hydrogens is 334 g/mol. The lowest BCUT2D eigenvalue weighted by Gasteiger charge is -2.27. The van der Waals surface area contributed by atoms with Crippen molar-refractivity contribution in [2.45, 2.75) is 32.9 Å². The molecule has 2 aromatic rings. The third kappa shape index (κ3) is 3.89. The fraction of sp³-hybridized carbons (Fsp3) is 0.500. The lowest BCUT2D eigenvalue weighted by Crippen LogP contribution is -2.39. The summed E-state index contributed by atoms with van der Waals surface area (Å²) in [6.07, 6.45) is 2.35. The number of aryl methyl sites for hydroxylation is 1. The molecule has 1 aliphatic heterocycles. The molecule has 1 aromatic carbocycles. The van der Waals surface area contributed by atoms with Crippen LogP contribution in [0.3, 0.4) is 0 Å². The maximum absolute atomic E-state index is 12.4. The molecule has 0 fully saturated rings. The minimum atomic E-state index is -0.130. The second kappa shape index (κ2) is 8.07. The molecule has 8 nitrogen and oxygen atoms in total. The van der Waals surface area contributed by atoms with Crippen molar-refractivity contribution >= 4 is 6.03 Å². The van der Waals surface area contributed by atoms with Crippen LogP contribution in [0.4, 0.5) is 4.79 Å². The summed E-state index contributed by atoms with van der Waals surface area (Å²) in [6, 6.07) is 5.57. The Balaban J connectivity index is 1.55. The van der Waals surface area contributed by atoms with Gasteiger partial charge in [-0.15, -0.1) is 10.2 Å². The number of carbonyl (C=O) groups excluding carboxylic acids is 1. The average Bonchev–Trinajstić information content (AvgIpc) is 3.13. The first-order valence-electron chi connectivity index (χ1n) is 8.87. The van der Waals surface area contributed by atoms with Gasteiger partial charge < -0.3 is 24.3 Å². The van der Waals surface area contributed by atoms with Crippen LogP contribution in [0.2, 0.25) is 0 Å². The van der Waals surface area contributed by atoms with E-state index in [1.54, 1.807) is 18.3 Å². The van der Waals surface area contributed by atoms with Crippen LogP contribution in [0.1, 0.15) is 31.3 Å². The number of nitrogens with zero attached hydrogens (tertiary/aromatic N) is 4. The molecule has 1 atom stereocenters. The third-order valence-electron chi connectivity index (χ3n) is 4.61. The molecule has 140 valence electrons. The van der Waals surface area contributed by atoms with Gasteiger partial charge in [-0.25, -0.2) is 4.79 Å². The maximum Gasteiger partial charge on any atom is 0.317 e. The summed E-state index contributed by atoms with van der Waals surface area (Å²) < 4.78 is 13.1. The van der Waals surface area contributed by atoms with Gasteiger partial charge in [-0.2, -0.15) is 0 Å². The van der Waals surface area contributed by atoms with E-state index in [0.717, 1.165) is 29.4 Å². The zero-order valence-electron chi connectivity index (χ0n) is 15.4. The lowest BCUT2D eigenvalue weighted by atomic mass is 10.1. The number of rotatable bonds is 6. The molecule has 0 bridgehead atoms. The van der Waals surface area contributed by atoms with Gasteiger partial charge in [0, 0.05) is 26.6 Å². The standard InChI is InChI=1S/C18H25N5O3/c1-4-23-12-20-21-17(23)7-8-19-18(24)22(3)13(2)14-5-6-15-16(11-14)26-10-9-25-15/h5-6,11-13H,4,7-10H2,1-3H3,(H,19,24). The van der Waals surface area contributed by atoms with Crippen molar-refractivity contribution in [1.82, 2.24) is 25.0 Å². The number of hydrogen-bond acceptors (Lipinski definition) is 5. The largest absolute Gasteiger partial charge is 0.486 e. The number of urea groups is 1. The molecule has 0 saturated carbocycles. The SMILES string of the molecule is CCn1cnnc1CCNC(=O)N(C)C(C)c1ccc2c(c1)OCCO2. The highest BCUT2D eigenvalue weighted by atomic mass is 16.6. The number of carbonyl (C=O) groups is 1. The smallest absolute Gasteiger partial charge is 0.317 e. The highest BCUT2D eigenvalue weighted by Gasteiger charge is 2.20. The first-order chi connectivity index (χ1) is 12.6. The van der Waals surface area contributed by atoms with Crippen LogP contribution >= 0.6 is 0 Å². The monoisotopic (exact) mass is 359 g/mol. The van der Waals surface area contributed by atoms with Crippen LogP contribution in [-0.4, -0.2) is 52.5 Å². The minimum Gasteiger partial charge on any atom is -0.486 e. The zero-order valence-corrected chi connectivity index (χ0v) is 15.4. The number of aromatic nitrogens is 3. The number of hydrogen-bond donors (Lipinski definition) is 1. The Hall–Kier alpha value is -2.77. The van der Waals surface area contributed by atoms with Gasteiger partial charge in [0.2, 0.25) is 0 Å². The van der Waals surface area contributed by atoms with Gasteiger partial charge in [-0.05, 0) is 31.5 Å². The van der Waals surface area contributed by atoms with Crippen molar-refractivity contribution in [3.8, 4) is 11.5 Å². The molecular formula is C18H25N5O3. The fourth-order valence-corrected chi connectivity index (χ4v) is 2.86. The topological polar surface area (TPSA) is 81.5 Å². The third-order valence-corrected chi connectivity index (χ3v) is 4.61. The molecule has 2 amide bonds. The molecule has 2 heterocycles. The van der Waals surface area contributed by atoms with E-state index in [4.69, 9.17) is 9.47 Å². The van der Waals surface area contributed by atoms with Gasteiger partial charge in [-0.1, -0.05) is 6.07 Å². The normalized spacial score (nSPS) is 14.0. The summed E-state index contributed by atoms with van der Waals surface area (Å²) in [4.78, 5) is 14.1. The quantitative estimate of drug-likeness (QED) is 0.853. The first kappa shape index (κ1) is 18.0. The second-order valence-electron chi connectivity index (χ2n) is 6.21. The summed E-state index contributed by atoms with van der Waals surface area (Å²) in [5.41, 5.74) is 0.998. The summed E-state index contributed by atoms with van der Waals surface area (Å²) in [7, 11) is 1.78. The van der Waals surface area contributed by atoms with Crippen molar-refractivity contribution in [2.24, 2.45) is 0 Å². The van der Waals surface area contributed by atoms with E-state index in [2.05, 4.69) is 15.5 Å². The number of fused-ring (bicyclic) bond motifs is 1. The molecule has 1 N–H and O–H groups in total. The Morgan fingerprint density at radius 2 is 2.12 bits per heavy atom. The minimum absolute atomic E-state index is 0.0925. The summed E-state index contributed by atoms with van der Waals surface area (Å²) in [6.45, 7) is 6.46. The van der Waals surface area contributed by atoms with Gasteiger partial charge >= 0.3 is 6.03 Å². The number of ether oxygens (including phenoxy) is 2. The predicted molar refractivity (Wildman–Crippen MR) is 96.4 cm³/mol. The summed E-state index contributed by atoms with van der Waals surface area (Å²) in [5, 5.41) is 10.9. The van der Waals surface area contributed by atoms with Gasteiger partial charge in [0.1, 0.15) is 25.4 Å². The van der Waals surface area contributed by atoms with E-state index in [0.29, 0.717) is 26.2 Å².